The third-order valence-corrected chi connectivity index (χ3v) is 3.38. The van der Waals surface area contributed by atoms with Crippen LogP contribution in [0.15, 0.2) is 48.7 Å². The van der Waals surface area contributed by atoms with Gasteiger partial charge in [-0.15, -0.1) is 0 Å². The first-order valence-corrected chi connectivity index (χ1v) is 6.79. The summed E-state index contributed by atoms with van der Waals surface area (Å²) in [5, 5.41) is 13.6. The maximum Gasteiger partial charge on any atom is 0.416 e. The van der Waals surface area contributed by atoms with Gasteiger partial charge in [0.25, 0.3) is 0 Å². The molecule has 0 aliphatic rings. The largest absolute Gasteiger partial charge is 0.416 e. The number of rotatable bonds is 2. The molecular weight excluding hydrogens is 319 g/mol. The highest BCUT2D eigenvalue weighted by Crippen LogP contribution is 2.32. The van der Waals surface area contributed by atoms with Crippen molar-refractivity contribution in [1.29, 1.82) is 5.26 Å². The van der Waals surface area contributed by atoms with Crippen molar-refractivity contribution in [1.82, 2.24) is 14.8 Å². The highest BCUT2D eigenvalue weighted by molar-refractivity contribution is 5.73. The van der Waals surface area contributed by atoms with Crippen LogP contribution in [0.25, 0.3) is 17.1 Å². The normalized spacial score (nSPS) is 11.2. The predicted molar refractivity (Wildman–Crippen MR) is 80.9 cm³/mol. The molecule has 0 aliphatic heterocycles. The van der Waals surface area contributed by atoms with E-state index in [0.717, 1.165) is 12.1 Å². The molecule has 8 heteroatoms. The molecule has 0 aliphatic carbocycles. The molecule has 120 valence electrons. The first-order valence-electron chi connectivity index (χ1n) is 6.79. The van der Waals surface area contributed by atoms with Crippen LogP contribution in [-0.2, 0) is 6.18 Å². The summed E-state index contributed by atoms with van der Waals surface area (Å²) in [4.78, 5) is 4.10. The molecule has 0 saturated carbocycles. The van der Waals surface area contributed by atoms with E-state index in [1.165, 1.54) is 16.8 Å². The van der Waals surface area contributed by atoms with Crippen LogP contribution in [0.3, 0.4) is 0 Å². The average molecular weight is 329 g/mol. The highest BCUT2D eigenvalue weighted by Gasteiger charge is 2.30. The molecule has 3 aromatic rings. The fraction of sp³-hybridized carbons (Fsp3) is 0.0625. The van der Waals surface area contributed by atoms with Gasteiger partial charge in [-0.05, 0) is 24.3 Å². The number of anilines is 1. The lowest BCUT2D eigenvalue weighted by molar-refractivity contribution is -0.137. The van der Waals surface area contributed by atoms with E-state index in [4.69, 9.17) is 5.73 Å². The number of nitrogens with two attached hydrogens (primary N) is 1. The second kappa shape index (κ2) is 5.70. The molecule has 0 atom stereocenters. The third kappa shape index (κ3) is 2.67. The van der Waals surface area contributed by atoms with Gasteiger partial charge < -0.3 is 5.73 Å². The summed E-state index contributed by atoms with van der Waals surface area (Å²) in [7, 11) is 0. The number of nitrogen functional groups attached to an aromatic ring is 1. The van der Waals surface area contributed by atoms with Crippen molar-refractivity contribution < 1.29 is 13.2 Å². The Labute approximate surface area is 134 Å². The zero-order valence-electron chi connectivity index (χ0n) is 12.1. The van der Waals surface area contributed by atoms with E-state index in [1.807, 2.05) is 6.07 Å². The van der Waals surface area contributed by atoms with E-state index in [9.17, 15) is 18.4 Å². The Morgan fingerprint density at radius 2 is 1.79 bits per heavy atom. The number of alkyl halides is 3. The molecule has 2 aromatic heterocycles. The Bertz CT molecular complexity index is 906. The fourth-order valence-corrected chi connectivity index (χ4v) is 2.21. The minimum atomic E-state index is -4.43. The van der Waals surface area contributed by atoms with Crippen LogP contribution in [0.5, 0.6) is 0 Å². The Morgan fingerprint density at radius 3 is 2.33 bits per heavy atom. The van der Waals surface area contributed by atoms with Crippen molar-refractivity contribution in [2.75, 3.05) is 5.73 Å². The van der Waals surface area contributed by atoms with Gasteiger partial charge >= 0.3 is 6.18 Å². The predicted octanol–water partition coefficient (Wildman–Crippen LogP) is 3.41. The first kappa shape index (κ1) is 15.6. The molecule has 0 radical (unpaired) electrons. The molecule has 0 bridgehead atoms. The quantitative estimate of drug-likeness (QED) is 0.781. The standard InChI is InChI=1S/C16H10F3N5/c17-16(18,19)11-6-4-10(5-7-11)14-12(9-20)15(21)24(23-14)13-3-1-2-8-22-13/h1-8H,21H2. The van der Waals surface area contributed by atoms with Gasteiger partial charge in [0, 0.05) is 11.8 Å². The molecule has 1 aromatic carbocycles. The second-order valence-electron chi connectivity index (χ2n) is 4.90. The molecule has 3 rings (SSSR count). The van der Waals surface area contributed by atoms with Crippen LogP contribution in [0.2, 0.25) is 0 Å². The van der Waals surface area contributed by atoms with Crippen LogP contribution in [-0.4, -0.2) is 14.8 Å². The Morgan fingerprint density at radius 1 is 1.08 bits per heavy atom. The summed E-state index contributed by atoms with van der Waals surface area (Å²) >= 11 is 0. The monoisotopic (exact) mass is 329 g/mol. The summed E-state index contributed by atoms with van der Waals surface area (Å²) in [6.07, 6.45) is -2.89. The molecular formula is C16H10F3N5. The average Bonchev–Trinajstić information content (AvgIpc) is 2.91. The maximum atomic E-state index is 12.7. The van der Waals surface area contributed by atoms with Crippen molar-refractivity contribution in [3.8, 4) is 23.1 Å². The minimum absolute atomic E-state index is 0.0751. The van der Waals surface area contributed by atoms with E-state index in [2.05, 4.69) is 10.1 Å². The number of aromatic nitrogens is 3. The van der Waals surface area contributed by atoms with Gasteiger partial charge in [0.05, 0.1) is 5.56 Å². The summed E-state index contributed by atoms with van der Waals surface area (Å²) in [5.41, 5.74) is 5.81. The number of hydrogen-bond donors (Lipinski definition) is 1. The van der Waals surface area contributed by atoms with Crippen molar-refractivity contribution in [2.45, 2.75) is 6.18 Å². The Hall–Kier alpha value is -3.34. The van der Waals surface area contributed by atoms with E-state index >= 15 is 0 Å². The molecule has 24 heavy (non-hydrogen) atoms. The topological polar surface area (TPSA) is 80.5 Å². The van der Waals surface area contributed by atoms with Gasteiger partial charge in [-0.1, -0.05) is 18.2 Å². The van der Waals surface area contributed by atoms with Gasteiger partial charge in [-0.25, -0.2) is 4.98 Å². The maximum absolute atomic E-state index is 12.7. The Kier molecular flexibility index (Phi) is 3.69. The van der Waals surface area contributed by atoms with Crippen molar-refractivity contribution >= 4 is 5.82 Å². The molecule has 0 amide bonds. The molecule has 2 heterocycles. The van der Waals surface area contributed by atoms with Crippen LogP contribution in [0, 0.1) is 11.3 Å². The molecule has 0 spiro atoms. The van der Waals surface area contributed by atoms with Gasteiger partial charge in [-0.2, -0.15) is 28.2 Å². The zero-order chi connectivity index (χ0) is 17.3. The highest BCUT2D eigenvalue weighted by atomic mass is 19.4. The van der Waals surface area contributed by atoms with E-state index < -0.39 is 11.7 Å². The SMILES string of the molecule is N#Cc1c(-c2ccc(C(F)(F)F)cc2)nn(-c2ccccn2)c1N. The molecule has 0 unspecified atom stereocenters. The van der Waals surface area contributed by atoms with Crippen molar-refractivity contribution in [2.24, 2.45) is 0 Å². The van der Waals surface area contributed by atoms with Gasteiger partial charge in [0.15, 0.2) is 5.82 Å². The van der Waals surface area contributed by atoms with Gasteiger partial charge in [-0.3, -0.25) is 0 Å². The van der Waals surface area contributed by atoms with Gasteiger partial charge in [0.2, 0.25) is 0 Å². The number of benzene rings is 1. The molecule has 0 fully saturated rings. The van der Waals surface area contributed by atoms with Crippen LogP contribution >= 0.6 is 0 Å². The number of pyridine rings is 1. The molecule has 0 saturated heterocycles. The second-order valence-corrected chi connectivity index (χ2v) is 4.90. The smallest absolute Gasteiger partial charge is 0.382 e. The van der Waals surface area contributed by atoms with Gasteiger partial charge in [0.1, 0.15) is 23.1 Å². The lowest BCUT2D eigenvalue weighted by Crippen LogP contribution is -2.04. The van der Waals surface area contributed by atoms with Crippen LogP contribution in [0.4, 0.5) is 19.0 Å². The summed E-state index contributed by atoms with van der Waals surface area (Å²) in [6, 6.07) is 11.4. The number of nitrogens with zero attached hydrogens (tertiary/aromatic N) is 4. The summed E-state index contributed by atoms with van der Waals surface area (Å²) < 4.78 is 39.3. The van der Waals surface area contributed by atoms with Crippen LogP contribution < -0.4 is 5.73 Å². The first-order chi connectivity index (χ1) is 11.4. The molecule has 2 N–H and O–H groups in total. The summed E-state index contributed by atoms with van der Waals surface area (Å²) in [5.74, 6) is 0.482. The number of nitriles is 1. The van der Waals surface area contributed by atoms with Crippen molar-refractivity contribution in [3.63, 3.8) is 0 Å². The third-order valence-electron chi connectivity index (χ3n) is 3.38. The van der Waals surface area contributed by atoms with E-state index in [1.54, 1.807) is 24.4 Å². The van der Waals surface area contributed by atoms with Crippen molar-refractivity contribution in [3.05, 3.63) is 59.8 Å². The molecule has 5 nitrogen and oxygen atoms in total. The Balaban J connectivity index is 2.11. The lowest BCUT2D eigenvalue weighted by Gasteiger charge is -2.06. The fourth-order valence-electron chi connectivity index (χ4n) is 2.21. The van der Waals surface area contributed by atoms with E-state index in [0.29, 0.717) is 11.4 Å². The minimum Gasteiger partial charge on any atom is -0.382 e. The summed E-state index contributed by atoms with van der Waals surface area (Å²) in [6.45, 7) is 0. The van der Waals surface area contributed by atoms with E-state index in [-0.39, 0.29) is 17.1 Å². The number of halogens is 3. The lowest BCUT2D eigenvalue weighted by atomic mass is 10.1. The van der Waals surface area contributed by atoms with Crippen LogP contribution in [0.1, 0.15) is 11.1 Å². The number of hydrogen-bond acceptors (Lipinski definition) is 4. The zero-order valence-corrected chi connectivity index (χ0v) is 12.1.